The quantitative estimate of drug-likeness (QED) is 0.610. The van der Waals surface area contributed by atoms with Gasteiger partial charge in [0.05, 0.1) is 6.54 Å². The number of carbonyl (C=O) groups is 1. The standard InChI is InChI=1S/C10H16N2O/c1-3-6-12-7-4-9(5-8-12)10(13)11-2/h1,9H,4-8H2,2H3,(H,11,13). The van der Waals surface area contributed by atoms with E-state index in [1.807, 2.05) is 0 Å². The van der Waals surface area contributed by atoms with Crippen molar-refractivity contribution < 1.29 is 4.79 Å². The van der Waals surface area contributed by atoms with Crippen LogP contribution in [0, 0.1) is 18.3 Å². The molecule has 0 aliphatic carbocycles. The Kier molecular flexibility index (Phi) is 3.78. The molecule has 0 spiro atoms. The lowest BCUT2D eigenvalue weighted by molar-refractivity contribution is -0.125. The van der Waals surface area contributed by atoms with Crippen molar-refractivity contribution in [3.05, 3.63) is 0 Å². The average molecular weight is 180 g/mol. The fourth-order valence-corrected chi connectivity index (χ4v) is 1.69. The molecule has 1 saturated heterocycles. The van der Waals surface area contributed by atoms with Crippen LogP contribution in [-0.4, -0.2) is 37.5 Å². The molecule has 0 aromatic carbocycles. The Bertz CT molecular complexity index is 211. The third-order valence-electron chi connectivity index (χ3n) is 2.52. The van der Waals surface area contributed by atoms with Crippen LogP contribution in [0.3, 0.4) is 0 Å². The van der Waals surface area contributed by atoms with Crippen LogP contribution >= 0.6 is 0 Å². The van der Waals surface area contributed by atoms with Gasteiger partial charge in [0.15, 0.2) is 0 Å². The van der Waals surface area contributed by atoms with E-state index in [9.17, 15) is 4.79 Å². The molecule has 1 fully saturated rings. The number of nitrogens with one attached hydrogen (secondary N) is 1. The molecule has 3 nitrogen and oxygen atoms in total. The van der Waals surface area contributed by atoms with Crippen LogP contribution in [0.4, 0.5) is 0 Å². The number of carbonyl (C=O) groups excluding carboxylic acids is 1. The summed E-state index contributed by atoms with van der Waals surface area (Å²) in [5, 5.41) is 2.68. The highest BCUT2D eigenvalue weighted by molar-refractivity contribution is 5.78. The zero-order valence-corrected chi connectivity index (χ0v) is 8.05. The largest absolute Gasteiger partial charge is 0.359 e. The fourth-order valence-electron chi connectivity index (χ4n) is 1.69. The molecule has 0 aromatic heterocycles. The van der Waals surface area contributed by atoms with Gasteiger partial charge in [0, 0.05) is 13.0 Å². The zero-order chi connectivity index (χ0) is 9.68. The molecule has 1 rings (SSSR count). The number of likely N-dealkylation sites (tertiary alicyclic amines) is 1. The molecule has 1 aliphatic rings. The van der Waals surface area contributed by atoms with E-state index in [1.165, 1.54) is 0 Å². The molecule has 1 N–H and O–H groups in total. The van der Waals surface area contributed by atoms with Gasteiger partial charge in [-0.3, -0.25) is 9.69 Å². The lowest BCUT2D eigenvalue weighted by Crippen LogP contribution is -2.39. The van der Waals surface area contributed by atoms with Crippen molar-refractivity contribution in [3.8, 4) is 12.3 Å². The second-order valence-electron chi connectivity index (χ2n) is 3.37. The van der Waals surface area contributed by atoms with E-state index in [-0.39, 0.29) is 11.8 Å². The SMILES string of the molecule is C#CCN1CCC(C(=O)NC)CC1. The minimum atomic E-state index is 0.167. The van der Waals surface area contributed by atoms with E-state index in [4.69, 9.17) is 6.42 Å². The van der Waals surface area contributed by atoms with Crippen molar-refractivity contribution in [1.29, 1.82) is 0 Å². The fraction of sp³-hybridized carbons (Fsp3) is 0.700. The summed E-state index contributed by atoms with van der Waals surface area (Å²) in [6.45, 7) is 2.60. The van der Waals surface area contributed by atoms with Crippen LogP contribution in [0.25, 0.3) is 0 Å². The second-order valence-corrected chi connectivity index (χ2v) is 3.37. The van der Waals surface area contributed by atoms with Crippen LogP contribution in [0.1, 0.15) is 12.8 Å². The molecule has 0 unspecified atom stereocenters. The zero-order valence-electron chi connectivity index (χ0n) is 8.05. The summed E-state index contributed by atoms with van der Waals surface area (Å²) in [4.78, 5) is 13.5. The first kappa shape index (κ1) is 10.1. The molecule has 0 saturated carbocycles. The average Bonchev–Trinajstić information content (AvgIpc) is 2.18. The first-order valence-electron chi connectivity index (χ1n) is 4.65. The molecule has 1 aliphatic heterocycles. The number of amides is 1. The number of terminal acetylenes is 1. The minimum Gasteiger partial charge on any atom is -0.359 e. The van der Waals surface area contributed by atoms with E-state index in [1.54, 1.807) is 7.05 Å². The monoisotopic (exact) mass is 180 g/mol. The van der Waals surface area contributed by atoms with E-state index in [2.05, 4.69) is 16.1 Å². The number of piperidine rings is 1. The van der Waals surface area contributed by atoms with Gasteiger partial charge < -0.3 is 5.32 Å². The van der Waals surface area contributed by atoms with Crippen molar-refractivity contribution in [2.45, 2.75) is 12.8 Å². The molecule has 72 valence electrons. The molecule has 3 heteroatoms. The molecular weight excluding hydrogens is 164 g/mol. The van der Waals surface area contributed by atoms with Gasteiger partial charge in [0.1, 0.15) is 0 Å². The van der Waals surface area contributed by atoms with Gasteiger partial charge in [0.25, 0.3) is 0 Å². The van der Waals surface area contributed by atoms with Gasteiger partial charge >= 0.3 is 0 Å². The lowest BCUT2D eigenvalue weighted by Gasteiger charge is -2.29. The van der Waals surface area contributed by atoms with Crippen LogP contribution in [0.5, 0.6) is 0 Å². The smallest absolute Gasteiger partial charge is 0.222 e. The summed E-state index contributed by atoms with van der Waals surface area (Å²) in [6.07, 6.45) is 7.07. The predicted molar refractivity (Wildman–Crippen MR) is 52.1 cm³/mol. The highest BCUT2D eigenvalue weighted by atomic mass is 16.1. The first-order chi connectivity index (χ1) is 6.27. The number of rotatable bonds is 2. The summed E-state index contributed by atoms with van der Waals surface area (Å²) < 4.78 is 0. The lowest BCUT2D eigenvalue weighted by atomic mass is 9.96. The van der Waals surface area contributed by atoms with E-state index in [0.717, 1.165) is 25.9 Å². The summed E-state index contributed by atoms with van der Waals surface area (Å²) in [5.74, 6) is 2.98. The Hall–Kier alpha value is -1.01. The molecule has 0 bridgehead atoms. The molecule has 13 heavy (non-hydrogen) atoms. The van der Waals surface area contributed by atoms with Gasteiger partial charge in [-0.2, -0.15) is 0 Å². The molecular formula is C10H16N2O. The summed E-state index contributed by atoms with van der Waals surface area (Å²) in [7, 11) is 1.69. The highest BCUT2D eigenvalue weighted by Crippen LogP contribution is 2.16. The van der Waals surface area contributed by atoms with Gasteiger partial charge in [-0.1, -0.05) is 5.92 Å². The Labute approximate surface area is 79.5 Å². The second kappa shape index (κ2) is 4.88. The van der Waals surface area contributed by atoms with Crippen LogP contribution < -0.4 is 5.32 Å². The summed E-state index contributed by atoms with van der Waals surface area (Å²) in [6, 6.07) is 0. The number of hydrogen-bond donors (Lipinski definition) is 1. The van der Waals surface area contributed by atoms with Crippen LogP contribution in [0.15, 0.2) is 0 Å². The Morgan fingerprint density at radius 2 is 2.23 bits per heavy atom. The van der Waals surface area contributed by atoms with Crippen molar-refractivity contribution in [3.63, 3.8) is 0 Å². The Balaban J connectivity index is 2.31. The van der Waals surface area contributed by atoms with Crippen molar-refractivity contribution >= 4 is 5.91 Å². The van der Waals surface area contributed by atoms with E-state index < -0.39 is 0 Å². The van der Waals surface area contributed by atoms with Crippen LogP contribution in [0.2, 0.25) is 0 Å². The summed E-state index contributed by atoms with van der Waals surface area (Å²) in [5.41, 5.74) is 0. The first-order valence-corrected chi connectivity index (χ1v) is 4.65. The maximum Gasteiger partial charge on any atom is 0.222 e. The van der Waals surface area contributed by atoms with Gasteiger partial charge in [-0.25, -0.2) is 0 Å². The van der Waals surface area contributed by atoms with Crippen molar-refractivity contribution in [2.24, 2.45) is 5.92 Å². The summed E-state index contributed by atoms with van der Waals surface area (Å²) >= 11 is 0. The number of hydrogen-bond acceptors (Lipinski definition) is 2. The highest BCUT2D eigenvalue weighted by Gasteiger charge is 2.23. The predicted octanol–water partition coefficient (Wildman–Crippen LogP) is 0.0776. The molecule has 0 radical (unpaired) electrons. The maximum atomic E-state index is 11.3. The molecule has 1 heterocycles. The van der Waals surface area contributed by atoms with Crippen LogP contribution in [-0.2, 0) is 4.79 Å². The maximum absolute atomic E-state index is 11.3. The normalized spacial score (nSPS) is 19.4. The molecule has 0 atom stereocenters. The Morgan fingerprint density at radius 1 is 1.62 bits per heavy atom. The van der Waals surface area contributed by atoms with Gasteiger partial charge in [-0.05, 0) is 25.9 Å². The van der Waals surface area contributed by atoms with Crippen molar-refractivity contribution in [2.75, 3.05) is 26.7 Å². The van der Waals surface area contributed by atoms with Gasteiger partial charge in [0.2, 0.25) is 5.91 Å². The molecule has 0 aromatic rings. The van der Waals surface area contributed by atoms with E-state index >= 15 is 0 Å². The van der Waals surface area contributed by atoms with Gasteiger partial charge in [-0.15, -0.1) is 6.42 Å². The number of nitrogens with zero attached hydrogens (tertiary/aromatic N) is 1. The Morgan fingerprint density at radius 3 is 2.69 bits per heavy atom. The third kappa shape index (κ3) is 2.74. The third-order valence-corrected chi connectivity index (χ3v) is 2.52. The van der Waals surface area contributed by atoms with E-state index in [0.29, 0.717) is 6.54 Å². The minimum absolute atomic E-state index is 0.167. The van der Waals surface area contributed by atoms with Crippen molar-refractivity contribution in [1.82, 2.24) is 10.2 Å². The molecule has 1 amide bonds. The topological polar surface area (TPSA) is 32.3 Å².